The van der Waals surface area contributed by atoms with E-state index in [0.29, 0.717) is 0 Å². The average molecular weight is 218 g/mol. The van der Waals surface area contributed by atoms with Crippen LogP contribution in [-0.2, 0) is 6.54 Å². The lowest BCUT2D eigenvalue weighted by atomic mass is 9.75. The molecule has 2 nitrogen and oxygen atoms in total. The largest absolute Gasteiger partial charge is 0.329 e. The molecule has 0 saturated heterocycles. The summed E-state index contributed by atoms with van der Waals surface area (Å²) in [6, 6.07) is 8.79. The van der Waals surface area contributed by atoms with E-state index in [1.165, 1.54) is 30.4 Å². The summed E-state index contributed by atoms with van der Waals surface area (Å²) in [6.45, 7) is 3.92. The van der Waals surface area contributed by atoms with E-state index in [-0.39, 0.29) is 5.54 Å². The molecular weight excluding hydrogens is 196 g/mol. The van der Waals surface area contributed by atoms with Crippen LogP contribution >= 0.6 is 0 Å². The van der Waals surface area contributed by atoms with Gasteiger partial charge < -0.3 is 5.73 Å². The van der Waals surface area contributed by atoms with Gasteiger partial charge in [-0.3, -0.25) is 4.90 Å². The Kier molecular flexibility index (Phi) is 3.31. The summed E-state index contributed by atoms with van der Waals surface area (Å²) in [5.74, 6) is 0. The second-order valence-electron chi connectivity index (χ2n) is 5.12. The molecule has 1 aliphatic carbocycles. The molecule has 2 N–H and O–H groups in total. The molecule has 2 rings (SSSR count). The van der Waals surface area contributed by atoms with E-state index >= 15 is 0 Å². The fourth-order valence-corrected chi connectivity index (χ4v) is 2.46. The topological polar surface area (TPSA) is 29.3 Å². The van der Waals surface area contributed by atoms with E-state index < -0.39 is 0 Å². The Bertz CT molecular complexity index is 333. The lowest BCUT2D eigenvalue weighted by molar-refractivity contribution is 0.0398. The molecule has 0 amide bonds. The minimum absolute atomic E-state index is 0.283. The molecule has 1 fully saturated rings. The predicted molar refractivity (Wildman–Crippen MR) is 68.3 cm³/mol. The van der Waals surface area contributed by atoms with E-state index in [0.717, 1.165) is 13.1 Å². The number of rotatable bonds is 4. The van der Waals surface area contributed by atoms with E-state index in [9.17, 15) is 0 Å². The van der Waals surface area contributed by atoms with Crippen molar-refractivity contribution in [2.75, 3.05) is 13.6 Å². The van der Waals surface area contributed by atoms with Crippen molar-refractivity contribution < 1.29 is 0 Å². The van der Waals surface area contributed by atoms with Crippen LogP contribution in [0.5, 0.6) is 0 Å². The number of benzene rings is 1. The maximum atomic E-state index is 5.91. The normalized spacial score (nSPS) is 18.5. The van der Waals surface area contributed by atoms with Crippen molar-refractivity contribution in [3.63, 3.8) is 0 Å². The maximum Gasteiger partial charge on any atom is 0.0332 e. The molecule has 1 saturated carbocycles. The van der Waals surface area contributed by atoms with Gasteiger partial charge in [-0.1, -0.05) is 29.8 Å². The summed E-state index contributed by atoms with van der Waals surface area (Å²) in [5.41, 5.74) is 8.89. The molecule has 88 valence electrons. The highest BCUT2D eigenvalue weighted by Gasteiger charge is 2.39. The van der Waals surface area contributed by atoms with E-state index in [1.54, 1.807) is 0 Å². The van der Waals surface area contributed by atoms with Gasteiger partial charge in [0.15, 0.2) is 0 Å². The first-order valence-electron chi connectivity index (χ1n) is 6.13. The second kappa shape index (κ2) is 4.56. The molecule has 2 heteroatoms. The molecule has 0 radical (unpaired) electrons. The molecule has 0 atom stereocenters. The van der Waals surface area contributed by atoms with Gasteiger partial charge in [-0.2, -0.15) is 0 Å². The van der Waals surface area contributed by atoms with Crippen molar-refractivity contribution in [3.05, 3.63) is 35.4 Å². The van der Waals surface area contributed by atoms with Gasteiger partial charge in [-0.15, -0.1) is 0 Å². The van der Waals surface area contributed by atoms with Crippen LogP contribution in [0.4, 0.5) is 0 Å². The summed E-state index contributed by atoms with van der Waals surface area (Å²) in [7, 11) is 2.20. The van der Waals surface area contributed by atoms with Gasteiger partial charge in [-0.25, -0.2) is 0 Å². The zero-order valence-corrected chi connectivity index (χ0v) is 10.4. The van der Waals surface area contributed by atoms with Gasteiger partial charge >= 0.3 is 0 Å². The van der Waals surface area contributed by atoms with Crippen LogP contribution in [0.15, 0.2) is 24.3 Å². The van der Waals surface area contributed by atoms with Crippen LogP contribution in [0, 0.1) is 6.92 Å². The summed E-state index contributed by atoms with van der Waals surface area (Å²) in [4.78, 5) is 2.43. The van der Waals surface area contributed by atoms with Crippen LogP contribution in [0.3, 0.4) is 0 Å². The second-order valence-corrected chi connectivity index (χ2v) is 5.12. The molecule has 0 bridgehead atoms. The van der Waals surface area contributed by atoms with Crippen LogP contribution < -0.4 is 5.73 Å². The molecule has 16 heavy (non-hydrogen) atoms. The fraction of sp³-hybridized carbons (Fsp3) is 0.571. The highest BCUT2D eigenvalue weighted by atomic mass is 15.2. The Hall–Kier alpha value is -0.860. The van der Waals surface area contributed by atoms with Crippen LogP contribution in [0.25, 0.3) is 0 Å². The zero-order valence-electron chi connectivity index (χ0n) is 10.4. The Morgan fingerprint density at radius 1 is 1.25 bits per heavy atom. The minimum Gasteiger partial charge on any atom is -0.329 e. The third-order valence-electron chi connectivity index (χ3n) is 4.01. The quantitative estimate of drug-likeness (QED) is 0.840. The fourth-order valence-electron chi connectivity index (χ4n) is 2.46. The summed E-state index contributed by atoms with van der Waals surface area (Å²) in [6.07, 6.45) is 3.84. The lowest BCUT2D eigenvalue weighted by Gasteiger charge is -2.48. The van der Waals surface area contributed by atoms with E-state index in [4.69, 9.17) is 5.73 Å². The van der Waals surface area contributed by atoms with E-state index in [1.807, 2.05) is 0 Å². The number of aryl methyl sites for hydroxylation is 1. The number of likely N-dealkylation sites (N-methyl/N-ethyl adjacent to an activating group) is 1. The Labute approximate surface area is 98.4 Å². The standard InChI is InChI=1S/C14H22N2/c1-12-4-6-13(7-5-12)10-16(2)14(11-15)8-3-9-14/h4-7H,3,8-11,15H2,1-2H3. The molecule has 0 aromatic heterocycles. The van der Waals surface area contributed by atoms with Crippen molar-refractivity contribution in [2.45, 2.75) is 38.3 Å². The van der Waals surface area contributed by atoms with Gasteiger partial charge in [0.05, 0.1) is 0 Å². The van der Waals surface area contributed by atoms with Gasteiger partial charge in [-0.05, 0) is 38.8 Å². The first-order chi connectivity index (χ1) is 7.66. The van der Waals surface area contributed by atoms with Crippen LogP contribution in [0.2, 0.25) is 0 Å². The van der Waals surface area contributed by atoms with Crippen molar-refractivity contribution in [2.24, 2.45) is 5.73 Å². The van der Waals surface area contributed by atoms with Crippen LogP contribution in [-0.4, -0.2) is 24.0 Å². The average Bonchev–Trinajstić information content (AvgIpc) is 2.21. The van der Waals surface area contributed by atoms with Crippen molar-refractivity contribution in [3.8, 4) is 0 Å². The molecule has 1 aromatic rings. The Balaban J connectivity index is 2.01. The number of nitrogens with zero attached hydrogens (tertiary/aromatic N) is 1. The minimum atomic E-state index is 0.283. The molecule has 1 aliphatic rings. The molecular formula is C14H22N2. The monoisotopic (exact) mass is 218 g/mol. The van der Waals surface area contributed by atoms with Gasteiger partial charge in [0, 0.05) is 18.6 Å². The SMILES string of the molecule is Cc1ccc(CN(C)C2(CN)CCC2)cc1. The third-order valence-corrected chi connectivity index (χ3v) is 4.01. The maximum absolute atomic E-state index is 5.91. The predicted octanol–water partition coefficient (Wildman–Crippen LogP) is 2.31. The number of hydrogen-bond acceptors (Lipinski definition) is 2. The summed E-state index contributed by atoms with van der Waals surface area (Å²) in [5, 5.41) is 0. The first kappa shape index (κ1) is 11.6. The smallest absolute Gasteiger partial charge is 0.0332 e. The van der Waals surface area contributed by atoms with Gasteiger partial charge in [0.1, 0.15) is 0 Å². The molecule has 0 aliphatic heterocycles. The Morgan fingerprint density at radius 2 is 1.88 bits per heavy atom. The van der Waals surface area contributed by atoms with Gasteiger partial charge in [0.25, 0.3) is 0 Å². The summed E-state index contributed by atoms with van der Waals surface area (Å²) < 4.78 is 0. The Morgan fingerprint density at radius 3 is 2.31 bits per heavy atom. The number of nitrogens with two attached hydrogens (primary N) is 1. The van der Waals surface area contributed by atoms with Crippen LogP contribution in [0.1, 0.15) is 30.4 Å². The lowest BCUT2D eigenvalue weighted by Crippen LogP contribution is -2.56. The summed E-state index contributed by atoms with van der Waals surface area (Å²) >= 11 is 0. The number of hydrogen-bond donors (Lipinski definition) is 1. The molecule has 0 unspecified atom stereocenters. The highest BCUT2D eigenvalue weighted by molar-refractivity contribution is 5.21. The highest BCUT2D eigenvalue weighted by Crippen LogP contribution is 2.36. The van der Waals surface area contributed by atoms with Crippen molar-refractivity contribution >= 4 is 0 Å². The zero-order chi connectivity index (χ0) is 11.6. The van der Waals surface area contributed by atoms with Crippen molar-refractivity contribution in [1.29, 1.82) is 0 Å². The first-order valence-corrected chi connectivity index (χ1v) is 6.13. The van der Waals surface area contributed by atoms with Gasteiger partial charge in [0.2, 0.25) is 0 Å². The van der Waals surface area contributed by atoms with Crippen molar-refractivity contribution in [1.82, 2.24) is 4.90 Å². The van der Waals surface area contributed by atoms with E-state index in [2.05, 4.69) is 43.1 Å². The molecule has 1 aromatic carbocycles. The third kappa shape index (κ3) is 2.13. The molecule has 0 heterocycles. The molecule has 0 spiro atoms.